The van der Waals surface area contributed by atoms with E-state index in [2.05, 4.69) is 51.2 Å². The minimum absolute atomic E-state index is 0.0826. The minimum atomic E-state index is -1.81. The Hall–Kier alpha value is -5.49. The predicted octanol–water partition coefficient (Wildman–Crippen LogP) is 4.46. The van der Waals surface area contributed by atoms with Crippen molar-refractivity contribution >= 4 is 46.3 Å². The Morgan fingerprint density at radius 1 is 1.17 bits per heavy atom. The average Bonchev–Trinajstić information content (AvgIpc) is 3.77. The molecule has 0 spiro atoms. The molecule has 6 rings (SSSR count). The van der Waals surface area contributed by atoms with E-state index in [0.717, 1.165) is 37.7 Å². The van der Waals surface area contributed by atoms with Crippen molar-refractivity contribution in [3.05, 3.63) is 87.6 Å². The fourth-order valence-corrected chi connectivity index (χ4v) is 6.87. The number of H-pyrrole nitrogens is 1. The third-order valence-corrected chi connectivity index (χ3v) is 9.37. The molecule has 0 radical (unpaired) electrons. The van der Waals surface area contributed by atoms with Crippen LogP contribution in [0.5, 0.6) is 5.88 Å². The van der Waals surface area contributed by atoms with Gasteiger partial charge in [0.15, 0.2) is 11.9 Å². The number of alkyl carbamates (subject to hydrolysis) is 1. The molecule has 0 bridgehead atoms. The molecule has 1 aliphatic carbocycles. The van der Waals surface area contributed by atoms with E-state index < -0.39 is 12.4 Å². The van der Waals surface area contributed by atoms with Gasteiger partial charge in [0, 0.05) is 34.4 Å². The summed E-state index contributed by atoms with van der Waals surface area (Å²) in [5.74, 6) is 0.409. The van der Waals surface area contributed by atoms with Crippen molar-refractivity contribution in [2.45, 2.75) is 38.7 Å². The lowest BCUT2D eigenvalue weighted by Crippen LogP contribution is -2.29. The Morgan fingerprint density at radius 3 is 2.69 bits per heavy atom. The summed E-state index contributed by atoms with van der Waals surface area (Å²) in [5.41, 5.74) is 12.6. The number of nitrogens with zero attached hydrogens (tertiary/aromatic N) is 5. The van der Waals surface area contributed by atoms with Gasteiger partial charge in [-0.05, 0) is 52.1 Å². The Kier molecular flexibility index (Phi) is 9.01. The number of imidazole rings is 1. The monoisotopic (exact) mass is 666 g/mol. The molecule has 14 heteroatoms. The lowest BCUT2D eigenvalue weighted by atomic mass is 9.82. The summed E-state index contributed by atoms with van der Waals surface area (Å²) in [4.78, 5) is 31.6. The number of thiophene rings is 1. The number of aromatic amines is 1. The number of carbonyl (C=O) groups is 1. The molecule has 48 heavy (non-hydrogen) atoms. The molecule has 0 aliphatic heterocycles. The van der Waals surface area contributed by atoms with Crippen LogP contribution >= 0.6 is 11.3 Å². The number of rotatable bonds is 11. The molecule has 1 aliphatic rings. The van der Waals surface area contributed by atoms with Crippen molar-refractivity contribution in [3.63, 3.8) is 0 Å². The number of fused-ring (bicyclic) bond motifs is 4. The number of nitrogen functional groups attached to an aromatic ring is 1. The molecule has 3 heterocycles. The van der Waals surface area contributed by atoms with E-state index in [9.17, 15) is 20.3 Å². The molecular weight excluding hydrogens is 632 g/mol. The van der Waals surface area contributed by atoms with E-state index in [0.29, 0.717) is 30.1 Å². The van der Waals surface area contributed by atoms with Crippen LogP contribution in [0.15, 0.2) is 60.4 Å². The highest BCUT2D eigenvalue weighted by Crippen LogP contribution is 2.53. The lowest BCUT2D eigenvalue weighted by molar-refractivity contribution is -0.00331. The first-order valence-corrected chi connectivity index (χ1v) is 15.9. The van der Waals surface area contributed by atoms with Crippen LogP contribution in [0.4, 0.5) is 16.4 Å². The highest BCUT2D eigenvalue weighted by atomic mass is 32.1. The molecule has 246 valence electrons. The molecule has 6 N–H and O–H groups in total. The summed E-state index contributed by atoms with van der Waals surface area (Å²) in [6.45, 7) is 5.59. The number of amides is 1. The third-order valence-electron chi connectivity index (χ3n) is 8.26. The Morgan fingerprint density at radius 2 is 1.94 bits per heavy atom. The van der Waals surface area contributed by atoms with E-state index in [4.69, 9.17) is 15.2 Å². The Labute approximate surface area is 280 Å². The molecular formula is C34H34N8O5S. The van der Waals surface area contributed by atoms with Crippen molar-refractivity contribution < 1.29 is 24.5 Å². The van der Waals surface area contributed by atoms with Gasteiger partial charge >= 0.3 is 6.09 Å². The SMILES string of the molecule is CN(CCOC(=O)NCc1ccc(COc2nc(N)nc3nc[nH]c23)cc1)c1ccc2c(c1)C(C)(C)c1cc(/C=C(\C#N)C(O)O)sc1-2. The van der Waals surface area contributed by atoms with Crippen molar-refractivity contribution in [2.24, 2.45) is 0 Å². The number of benzene rings is 2. The molecule has 3 aromatic heterocycles. The highest BCUT2D eigenvalue weighted by Gasteiger charge is 2.37. The first kappa shape index (κ1) is 32.5. The first-order chi connectivity index (χ1) is 23.0. The average molecular weight is 667 g/mol. The van der Waals surface area contributed by atoms with Crippen molar-refractivity contribution in [1.29, 1.82) is 5.26 Å². The van der Waals surface area contributed by atoms with Gasteiger partial charge in [0.05, 0.1) is 18.4 Å². The van der Waals surface area contributed by atoms with Crippen LogP contribution in [0, 0.1) is 11.3 Å². The minimum Gasteiger partial charge on any atom is -0.471 e. The molecule has 0 saturated heterocycles. The molecule has 0 fully saturated rings. The van der Waals surface area contributed by atoms with E-state index in [1.54, 1.807) is 0 Å². The quantitative estimate of drug-likeness (QED) is 0.0986. The predicted molar refractivity (Wildman–Crippen MR) is 182 cm³/mol. The van der Waals surface area contributed by atoms with Gasteiger partial charge in [0.1, 0.15) is 24.8 Å². The van der Waals surface area contributed by atoms with Crippen LogP contribution in [0.25, 0.3) is 27.7 Å². The zero-order valence-electron chi connectivity index (χ0n) is 26.5. The summed E-state index contributed by atoms with van der Waals surface area (Å²) in [6, 6.07) is 17.8. The van der Waals surface area contributed by atoms with Crippen molar-refractivity contribution in [3.8, 4) is 22.4 Å². The number of hydrogen-bond acceptors (Lipinski definition) is 12. The van der Waals surface area contributed by atoms with Crippen molar-refractivity contribution in [2.75, 3.05) is 30.8 Å². The van der Waals surface area contributed by atoms with Crippen molar-refractivity contribution in [1.82, 2.24) is 25.3 Å². The second kappa shape index (κ2) is 13.3. The number of nitrogens with one attached hydrogen (secondary N) is 2. The third kappa shape index (κ3) is 6.65. The largest absolute Gasteiger partial charge is 0.471 e. The number of nitriles is 1. The number of likely N-dealkylation sites (N-methyl/N-ethyl adjacent to an activating group) is 1. The zero-order valence-corrected chi connectivity index (χ0v) is 27.3. The van der Waals surface area contributed by atoms with Gasteiger partial charge in [-0.2, -0.15) is 15.2 Å². The molecule has 5 aromatic rings. The zero-order chi connectivity index (χ0) is 34.0. The number of hydrogen-bond donors (Lipinski definition) is 5. The molecule has 1 amide bonds. The van der Waals surface area contributed by atoms with E-state index in [1.165, 1.54) is 29.3 Å². The normalized spacial score (nSPS) is 13.2. The van der Waals surface area contributed by atoms with E-state index in [1.807, 2.05) is 54.4 Å². The number of nitrogens with two attached hydrogens (primary N) is 1. The summed E-state index contributed by atoms with van der Waals surface area (Å²) < 4.78 is 11.3. The van der Waals surface area contributed by atoms with Gasteiger partial charge in [-0.15, -0.1) is 11.3 Å². The summed E-state index contributed by atoms with van der Waals surface area (Å²) in [7, 11) is 1.95. The Bertz CT molecular complexity index is 2040. The lowest BCUT2D eigenvalue weighted by Gasteiger charge is -2.24. The highest BCUT2D eigenvalue weighted by molar-refractivity contribution is 7.16. The van der Waals surface area contributed by atoms with Crippen LogP contribution in [0.2, 0.25) is 0 Å². The number of anilines is 2. The second-order valence-electron chi connectivity index (χ2n) is 11.8. The Balaban J connectivity index is 0.979. The smallest absolute Gasteiger partial charge is 0.407 e. The standard InChI is InChI=1S/C34H34N8O5S/c1-34(2)25-13-22(8-9-24(25)28-26(34)14-23(48-28)12-21(15-35)31(43)44)42(3)10-11-46-33(45)37-16-19-4-6-20(7-5-19)17-47-30-27-29(39-18-38-27)40-32(36)41-30/h4-9,12-14,18,31,43-44H,10-11,16-17H2,1-3H3,(H,37,45)(H3,36,38,39,40,41)/b21-12+. The van der Waals surface area contributed by atoms with Gasteiger partial charge in [0.2, 0.25) is 11.8 Å². The number of ether oxygens (including phenoxy) is 2. The molecule has 2 aromatic carbocycles. The fourth-order valence-electron chi connectivity index (χ4n) is 5.55. The van der Waals surface area contributed by atoms with Crippen LogP contribution < -0.4 is 20.7 Å². The van der Waals surface area contributed by atoms with Crippen LogP contribution in [-0.2, 0) is 23.3 Å². The second-order valence-corrected chi connectivity index (χ2v) is 12.9. The summed E-state index contributed by atoms with van der Waals surface area (Å²) >= 11 is 1.52. The van der Waals surface area contributed by atoms with E-state index >= 15 is 0 Å². The van der Waals surface area contributed by atoms with Gasteiger partial charge < -0.3 is 40.6 Å². The van der Waals surface area contributed by atoms with Gasteiger partial charge in [-0.3, -0.25) is 0 Å². The van der Waals surface area contributed by atoms with E-state index in [-0.39, 0.29) is 30.2 Å². The van der Waals surface area contributed by atoms with Crippen LogP contribution in [0.3, 0.4) is 0 Å². The number of aliphatic hydroxyl groups excluding tert-OH is 1. The van der Waals surface area contributed by atoms with Crippen LogP contribution in [0.1, 0.15) is 41.0 Å². The molecule has 0 saturated carbocycles. The maximum Gasteiger partial charge on any atom is 0.407 e. The first-order valence-electron chi connectivity index (χ1n) is 15.1. The molecule has 13 nitrogen and oxygen atoms in total. The summed E-state index contributed by atoms with van der Waals surface area (Å²) in [6.07, 6.45) is 0.718. The number of aromatic nitrogens is 4. The maximum atomic E-state index is 12.4. The van der Waals surface area contributed by atoms with Gasteiger partial charge in [-0.1, -0.05) is 44.2 Å². The number of aliphatic hydroxyl groups is 2. The number of carbonyl (C=O) groups excluding carboxylic acids is 1. The van der Waals surface area contributed by atoms with Gasteiger partial charge in [0.25, 0.3) is 0 Å². The molecule has 0 unspecified atom stereocenters. The topological polar surface area (TPSA) is 196 Å². The maximum absolute atomic E-state index is 12.4. The molecule has 0 atom stereocenters. The van der Waals surface area contributed by atoms with Crippen LogP contribution in [-0.4, -0.2) is 62.7 Å². The fraction of sp³-hybridized carbons (Fsp3) is 0.265. The van der Waals surface area contributed by atoms with Gasteiger partial charge in [-0.25, -0.2) is 9.78 Å². The summed E-state index contributed by atoms with van der Waals surface area (Å²) in [5, 5.41) is 30.9.